The van der Waals surface area contributed by atoms with Crippen molar-refractivity contribution in [2.45, 2.75) is 32.2 Å². The number of hydrogen-bond donors (Lipinski definition) is 0. The van der Waals surface area contributed by atoms with Crippen molar-refractivity contribution in [1.82, 2.24) is 24.0 Å². The largest absolute Gasteiger partial charge is 0.336 e. The van der Waals surface area contributed by atoms with Crippen LogP contribution in [-0.4, -0.2) is 43.0 Å². The van der Waals surface area contributed by atoms with Crippen molar-refractivity contribution in [3.63, 3.8) is 0 Å². The third-order valence-electron chi connectivity index (χ3n) is 3.72. The maximum absolute atomic E-state index is 12.6. The van der Waals surface area contributed by atoms with Crippen LogP contribution in [0.25, 0.3) is 0 Å². The molecule has 2 aromatic rings. The van der Waals surface area contributed by atoms with Gasteiger partial charge in [-0.15, -0.1) is 5.10 Å². The molecule has 0 bridgehead atoms. The normalized spacial score (nSPS) is 19.2. The zero-order valence-corrected chi connectivity index (χ0v) is 12.2. The van der Waals surface area contributed by atoms with Crippen molar-refractivity contribution < 1.29 is 4.79 Å². The molecule has 0 aromatic carbocycles. The van der Waals surface area contributed by atoms with E-state index < -0.39 is 0 Å². The fourth-order valence-corrected chi connectivity index (χ4v) is 3.33. The molecule has 2 aromatic heterocycles. The molecule has 20 heavy (non-hydrogen) atoms. The van der Waals surface area contributed by atoms with Crippen LogP contribution in [0.4, 0.5) is 0 Å². The zero-order valence-electron chi connectivity index (χ0n) is 11.4. The molecule has 1 aliphatic rings. The first-order chi connectivity index (χ1) is 9.79. The SMILES string of the molecule is CCc1nnsc1C(=O)N1CCC[C@H](n2ccnc2)C1. The van der Waals surface area contributed by atoms with Crippen molar-refractivity contribution in [1.29, 1.82) is 0 Å². The van der Waals surface area contributed by atoms with Gasteiger partial charge >= 0.3 is 0 Å². The molecule has 1 fully saturated rings. The molecule has 1 saturated heterocycles. The summed E-state index contributed by atoms with van der Waals surface area (Å²) in [6.07, 6.45) is 8.41. The molecule has 1 aliphatic heterocycles. The van der Waals surface area contributed by atoms with Gasteiger partial charge in [-0.2, -0.15) is 0 Å². The van der Waals surface area contributed by atoms with E-state index in [0.717, 1.165) is 38.0 Å². The molecule has 0 unspecified atom stereocenters. The van der Waals surface area contributed by atoms with Crippen LogP contribution in [0.15, 0.2) is 18.7 Å². The number of aryl methyl sites for hydroxylation is 1. The van der Waals surface area contributed by atoms with Crippen molar-refractivity contribution in [3.8, 4) is 0 Å². The first kappa shape index (κ1) is 13.2. The Morgan fingerprint density at radius 1 is 1.55 bits per heavy atom. The van der Waals surface area contributed by atoms with Gasteiger partial charge in [-0.1, -0.05) is 11.4 Å². The minimum atomic E-state index is 0.0710. The van der Waals surface area contributed by atoms with Crippen LogP contribution >= 0.6 is 11.5 Å². The number of rotatable bonds is 3. The van der Waals surface area contributed by atoms with Gasteiger partial charge in [-0.05, 0) is 30.8 Å². The highest BCUT2D eigenvalue weighted by molar-refractivity contribution is 7.08. The highest BCUT2D eigenvalue weighted by atomic mass is 32.1. The summed E-state index contributed by atoms with van der Waals surface area (Å²) < 4.78 is 6.00. The minimum absolute atomic E-state index is 0.0710. The number of hydrogen-bond acceptors (Lipinski definition) is 5. The molecule has 1 atom stereocenters. The lowest BCUT2D eigenvalue weighted by molar-refractivity contribution is 0.0683. The van der Waals surface area contributed by atoms with Crippen LogP contribution in [0.3, 0.4) is 0 Å². The number of carbonyl (C=O) groups excluding carboxylic acids is 1. The number of amides is 1. The van der Waals surface area contributed by atoms with E-state index in [0.29, 0.717) is 10.9 Å². The van der Waals surface area contributed by atoms with Crippen LogP contribution < -0.4 is 0 Å². The Bertz CT molecular complexity index is 579. The van der Waals surface area contributed by atoms with E-state index in [1.165, 1.54) is 11.5 Å². The molecule has 106 valence electrons. The van der Waals surface area contributed by atoms with Gasteiger partial charge in [0.25, 0.3) is 5.91 Å². The maximum atomic E-state index is 12.6. The Morgan fingerprint density at radius 2 is 2.45 bits per heavy atom. The van der Waals surface area contributed by atoms with Gasteiger partial charge in [0.2, 0.25) is 0 Å². The second-order valence-electron chi connectivity index (χ2n) is 4.96. The molecular weight excluding hydrogens is 274 g/mol. The second kappa shape index (κ2) is 5.70. The minimum Gasteiger partial charge on any atom is -0.336 e. The van der Waals surface area contributed by atoms with E-state index >= 15 is 0 Å². The van der Waals surface area contributed by atoms with Crippen molar-refractivity contribution in [3.05, 3.63) is 29.3 Å². The molecule has 1 amide bonds. The smallest absolute Gasteiger partial charge is 0.267 e. The number of nitrogens with zero attached hydrogens (tertiary/aromatic N) is 5. The molecule has 0 radical (unpaired) electrons. The predicted molar refractivity (Wildman–Crippen MR) is 75.7 cm³/mol. The summed E-state index contributed by atoms with van der Waals surface area (Å²) in [6.45, 7) is 3.54. The monoisotopic (exact) mass is 291 g/mol. The Hall–Kier alpha value is -1.76. The van der Waals surface area contributed by atoms with Gasteiger partial charge in [0, 0.05) is 25.5 Å². The topological polar surface area (TPSA) is 63.9 Å². The average Bonchev–Trinajstić information content (AvgIpc) is 3.17. The molecule has 0 spiro atoms. The fourth-order valence-electron chi connectivity index (χ4n) is 2.61. The lowest BCUT2D eigenvalue weighted by atomic mass is 10.1. The third kappa shape index (κ3) is 2.45. The van der Waals surface area contributed by atoms with E-state index in [4.69, 9.17) is 0 Å². The molecule has 0 saturated carbocycles. The van der Waals surface area contributed by atoms with E-state index in [2.05, 4.69) is 19.1 Å². The summed E-state index contributed by atoms with van der Waals surface area (Å²) in [4.78, 5) is 19.3. The van der Waals surface area contributed by atoms with E-state index in [9.17, 15) is 4.79 Å². The van der Waals surface area contributed by atoms with Gasteiger partial charge in [-0.25, -0.2) is 4.98 Å². The van der Waals surface area contributed by atoms with Crippen molar-refractivity contribution in [2.24, 2.45) is 0 Å². The lowest BCUT2D eigenvalue weighted by Gasteiger charge is -2.33. The molecule has 3 heterocycles. The van der Waals surface area contributed by atoms with Gasteiger partial charge in [0.05, 0.1) is 18.1 Å². The van der Waals surface area contributed by atoms with E-state index in [-0.39, 0.29) is 5.91 Å². The quantitative estimate of drug-likeness (QED) is 0.864. The number of aromatic nitrogens is 4. The van der Waals surface area contributed by atoms with E-state index in [1.807, 2.05) is 24.3 Å². The number of imidazole rings is 1. The standard InChI is InChI=1S/C13H17N5OS/c1-2-11-12(20-16-15-11)13(19)17-6-3-4-10(8-17)18-7-5-14-9-18/h5,7,9-10H,2-4,6,8H2,1H3/t10-/m0/s1. The summed E-state index contributed by atoms with van der Waals surface area (Å²) in [5, 5.41) is 4.03. The third-order valence-corrected chi connectivity index (χ3v) is 4.47. The lowest BCUT2D eigenvalue weighted by Crippen LogP contribution is -2.40. The highest BCUT2D eigenvalue weighted by Gasteiger charge is 2.27. The molecule has 6 nitrogen and oxygen atoms in total. The van der Waals surface area contributed by atoms with Crippen LogP contribution in [0, 0.1) is 0 Å². The van der Waals surface area contributed by atoms with Gasteiger partial charge in [0.1, 0.15) is 4.88 Å². The van der Waals surface area contributed by atoms with Crippen LogP contribution in [-0.2, 0) is 6.42 Å². The number of piperidine rings is 1. The van der Waals surface area contributed by atoms with Gasteiger partial charge < -0.3 is 9.47 Å². The van der Waals surface area contributed by atoms with Gasteiger partial charge in [0.15, 0.2) is 0 Å². The van der Waals surface area contributed by atoms with Crippen LogP contribution in [0.1, 0.15) is 41.2 Å². The molecular formula is C13H17N5OS. The molecule has 7 heteroatoms. The summed E-state index contributed by atoms with van der Waals surface area (Å²) in [5.41, 5.74) is 0.810. The fraction of sp³-hybridized carbons (Fsp3) is 0.538. The molecule has 3 rings (SSSR count). The highest BCUT2D eigenvalue weighted by Crippen LogP contribution is 2.24. The average molecular weight is 291 g/mol. The Balaban J connectivity index is 1.75. The first-order valence-corrected chi connectivity index (χ1v) is 7.65. The van der Waals surface area contributed by atoms with Gasteiger partial charge in [-0.3, -0.25) is 4.79 Å². The Kier molecular flexibility index (Phi) is 3.77. The summed E-state index contributed by atoms with van der Waals surface area (Å²) >= 11 is 1.20. The molecule has 0 N–H and O–H groups in total. The molecule has 0 aliphatic carbocycles. The Labute approximate surface area is 121 Å². The zero-order chi connectivity index (χ0) is 13.9. The van der Waals surface area contributed by atoms with Crippen molar-refractivity contribution >= 4 is 17.4 Å². The number of likely N-dealkylation sites (tertiary alicyclic amines) is 1. The maximum Gasteiger partial charge on any atom is 0.267 e. The van der Waals surface area contributed by atoms with Crippen LogP contribution in [0.5, 0.6) is 0 Å². The first-order valence-electron chi connectivity index (χ1n) is 6.87. The van der Waals surface area contributed by atoms with Crippen molar-refractivity contribution in [2.75, 3.05) is 13.1 Å². The predicted octanol–water partition coefficient (Wildman–Crippen LogP) is 1.77. The summed E-state index contributed by atoms with van der Waals surface area (Å²) in [6, 6.07) is 0.321. The second-order valence-corrected chi connectivity index (χ2v) is 5.71. The summed E-state index contributed by atoms with van der Waals surface area (Å²) in [5.74, 6) is 0.0710. The van der Waals surface area contributed by atoms with Crippen LogP contribution in [0.2, 0.25) is 0 Å². The number of carbonyl (C=O) groups is 1. The summed E-state index contributed by atoms with van der Waals surface area (Å²) in [7, 11) is 0. The Morgan fingerprint density at radius 3 is 3.20 bits per heavy atom. The van der Waals surface area contributed by atoms with E-state index in [1.54, 1.807) is 6.20 Å².